The van der Waals surface area contributed by atoms with Crippen LogP contribution in [-0.4, -0.2) is 59.0 Å². The molecule has 0 spiro atoms. The lowest BCUT2D eigenvalue weighted by Crippen LogP contribution is -2.39. The topological polar surface area (TPSA) is 81.0 Å². The van der Waals surface area contributed by atoms with Crippen LogP contribution >= 0.6 is 0 Å². The number of para-hydroxylation sites is 1. The van der Waals surface area contributed by atoms with E-state index < -0.39 is 6.29 Å². The highest BCUT2D eigenvalue weighted by atomic mass is 16.7. The van der Waals surface area contributed by atoms with Crippen LogP contribution in [-0.2, 0) is 14.3 Å². The summed E-state index contributed by atoms with van der Waals surface area (Å²) in [5.74, 6) is 0.0781. The average Bonchev–Trinajstić information content (AvgIpc) is 3.22. The van der Waals surface area contributed by atoms with Gasteiger partial charge >= 0.3 is 0 Å². The molecule has 7 heteroatoms. The van der Waals surface area contributed by atoms with Crippen LogP contribution in [0.5, 0.6) is 0 Å². The molecule has 0 bridgehead atoms. The Morgan fingerprint density at radius 1 is 1.16 bits per heavy atom. The van der Waals surface area contributed by atoms with Crippen LogP contribution in [0.1, 0.15) is 61.7 Å². The van der Waals surface area contributed by atoms with E-state index >= 15 is 0 Å². The van der Waals surface area contributed by atoms with Crippen molar-refractivity contribution in [2.45, 2.75) is 57.7 Å². The van der Waals surface area contributed by atoms with E-state index in [9.17, 15) is 9.59 Å². The van der Waals surface area contributed by atoms with Gasteiger partial charge in [0, 0.05) is 50.5 Å². The summed E-state index contributed by atoms with van der Waals surface area (Å²) >= 11 is 0. The van der Waals surface area contributed by atoms with E-state index in [0.717, 1.165) is 55.2 Å². The Morgan fingerprint density at radius 3 is 2.69 bits per heavy atom. The van der Waals surface area contributed by atoms with Crippen molar-refractivity contribution in [3.63, 3.8) is 0 Å². The van der Waals surface area contributed by atoms with E-state index in [4.69, 9.17) is 14.6 Å². The van der Waals surface area contributed by atoms with Crippen LogP contribution in [0.15, 0.2) is 42.3 Å². The maximum absolute atomic E-state index is 13.2. The lowest BCUT2D eigenvalue weighted by molar-refractivity contribution is -0.153. The Bertz CT molecular complexity index is 989. The van der Waals surface area contributed by atoms with Crippen molar-refractivity contribution < 1.29 is 24.2 Å². The van der Waals surface area contributed by atoms with Crippen LogP contribution in [0.25, 0.3) is 10.9 Å². The summed E-state index contributed by atoms with van der Waals surface area (Å²) in [5.41, 5.74) is 1.85. The van der Waals surface area contributed by atoms with Gasteiger partial charge in [-0.2, -0.15) is 0 Å². The highest BCUT2D eigenvalue weighted by Crippen LogP contribution is 2.37. The molecule has 1 saturated heterocycles. The van der Waals surface area contributed by atoms with Crippen LogP contribution in [0, 0.1) is 0 Å². The maximum atomic E-state index is 13.2. The van der Waals surface area contributed by atoms with Crippen LogP contribution < -0.4 is 0 Å². The van der Waals surface area contributed by atoms with Gasteiger partial charge in [0.1, 0.15) is 0 Å². The van der Waals surface area contributed by atoms with Gasteiger partial charge in [0.05, 0.1) is 12.1 Å². The molecule has 0 unspecified atom stereocenters. The second kappa shape index (κ2) is 10.3. The molecule has 7 nitrogen and oxygen atoms in total. The van der Waals surface area contributed by atoms with E-state index in [1.807, 2.05) is 41.4 Å². The van der Waals surface area contributed by atoms with Gasteiger partial charge in [-0.1, -0.05) is 18.2 Å². The smallest absolute Gasteiger partial charge is 0.288 e. The molecule has 3 heterocycles. The predicted molar refractivity (Wildman–Crippen MR) is 121 cm³/mol. The lowest BCUT2D eigenvalue weighted by atomic mass is 9.92. The first-order valence-corrected chi connectivity index (χ1v) is 11.6. The molecule has 1 N–H and O–H groups in total. The van der Waals surface area contributed by atoms with Gasteiger partial charge in [0.2, 0.25) is 12.2 Å². The molecule has 2 aliphatic heterocycles. The number of aromatic nitrogens is 1. The number of likely N-dealkylation sites (tertiary alicyclic amines) is 1. The summed E-state index contributed by atoms with van der Waals surface area (Å²) in [6, 6.07) is 7.83. The zero-order valence-corrected chi connectivity index (χ0v) is 18.7. The fraction of sp³-hybridized carbons (Fsp3) is 0.520. The Hall–Kier alpha value is -2.64. The summed E-state index contributed by atoms with van der Waals surface area (Å²) in [5, 5.41) is 10.0. The minimum absolute atomic E-state index is 0.0510. The number of hydrogen-bond donors (Lipinski definition) is 1. The largest absolute Gasteiger partial charge is 0.459 e. The van der Waals surface area contributed by atoms with Crippen LogP contribution in [0.3, 0.4) is 0 Å². The van der Waals surface area contributed by atoms with Crippen molar-refractivity contribution in [2.24, 2.45) is 0 Å². The molecule has 32 heavy (non-hydrogen) atoms. The fourth-order valence-corrected chi connectivity index (χ4v) is 4.57. The minimum atomic E-state index is -0.549. The Morgan fingerprint density at radius 2 is 1.94 bits per heavy atom. The molecule has 2 aliphatic rings. The number of aliphatic hydroxyl groups excluding tert-OH is 1. The molecule has 4 rings (SSSR count). The van der Waals surface area contributed by atoms with E-state index in [1.54, 1.807) is 11.5 Å². The second-order valence-electron chi connectivity index (χ2n) is 8.57. The number of aliphatic hydroxyl groups is 1. The van der Waals surface area contributed by atoms with Crippen LogP contribution in [0.2, 0.25) is 0 Å². The number of piperidine rings is 1. The third-order valence-corrected chi connectivity index (χ3v) is 6.25. The quantitative estimate of drug-likeness (QED) is 0.662. The monoisotopic (exact) mass is 440 g/mol. The first-order valence-electron chi connectivity index (χ1n) is 11.6. The zero-order chi connectivity index (χ0) is 22.5. The van der Waals surface area contributed by atoms with Gasteiger partial charge in [0.15, 0.2) is 5.76 Å². The van der Waals surface area contributed by atoms with Crippen molar-refractivity contribution in [1.29, 1.82) is 0 Å². The standard InChI is InChI=1S/C25H32N2O5/c1-18(29)27-17-21(20-9-3-4-10-22(20)27)19-15-23(25(30)26-11-5-2-6-12-26)32-24(16-19)31-14-8-7-13-28/h3-4,9-10,15,17,19,24,28H,2,5-8,11-14,16H2,1H3/t19-,24+/m1/s1. The maximum Gasteiger partial charge on any atom is 0.288 e. The molecular weight excluding hydrogens is 408 g/mol. The molecule has 1 aromatic carbocycles. The molecule has 1 amide bonds. The summed E-state index contributed by atoms with van der Waals surface area (Å²) in [7, 11) is 0. The van der Waals surface area contributed by atoms with Crippen LogP contribution in [0.4, 0.5) is 0 Å². The number of rotatable bonds is 7. The van der Waals surface area contributed by atoms with Gasteiger partial charge < -0.3 is 19.5 Å². The first-order chi connectivity index (χ1) is 15.6. The number of benzene rings is 1. The molecular formula is C25H32N2O5. The molecule has 2 atom stereocenters. The van der Waals surface area contributed by atoms with E-state index in [0.29, 0.717) is 25.2 Å². The molecule has 172 valence electrons. The number of nitrogens with zero attached hydrogens (tertiary/aromatic N) is 2. The summed E-state index contributed by atoms with van der Waals surface area (Å²) < 4.78 is 13.6. The molecule has 0 radical (unpaired) electrons. The number of carbonyl (C=O) groups is 2. The lowest BCUT2D eigenvalue weighted by Gasteiger charge is -2.33. The highest BCUT2D eigenvalue weighted by molar-refractivity contribution is 5.95. The van der Waals surface area contributed by atoms with Gasteiger partial charge in [-0.25, -0.2) is 0 Å². The molecule has 1 aromatic heterocycles. The number of carbonyl (C=O) groups excluding carboxylic acids is 2. The number of allylic oxidation sites excluding steroid dienone is 1. The molecule has 1 fully saturated rings. The van der Waals surface area contributed by atoms with Crippen molar-refractivity contribution in [3.05, 3.63) is 47.9 Å². The summed E-state index contributed by atoms with van der Waals surface area (Å²) in [6.07, 6.45) is 8.34. The third-order valence-electron chi connectivity index (χ3n) is 6.25. The number of hydrogen-bond acceptors (Lipinski definition) is 5. The SMILES string of the molecule is CC(=O)n1cc([C@@H]2C=C(C(=O)N3CCCCC3)O[C@H](OCCCCO)C2)c2ccccc21. The minimum Gasteiger partial charge on any atom is -0.459 e. The van der Waals surface area contributed by atoms with Gasteiger partial charge in [0.25, 0.3) is 5.91 Å². The Balaban J connectivity index is 1.65. The van der Waals surface area contributed by atoms with Gasteiger partial charge in [-0.05, 0) is 49.8 Å². The zero-order valence-electron chi connectivity index (χ0n) is 18.7. The van der Waals surface area contributed by atoms with E-state index in [-0.39, 0.29) is 24.3 Å². The fourth-order valence-electron chi connectivity index (χ4n) is 4.57. The van der Waals surface area contributed by atoms with Gasteiger partial charge in [-0.15, -0.1) is 0 Å². The highest BCUT2D eigenvalue weighted by Gasteiger charge is 2.32. The Kier molecular flexibility index (Phi) is 7.27. The second-order valence-corrected chi connectivity index (χ2v) is 8.57. The van der Waals surface area contributed by atoms with Crippen molar-refractivity contribution in [1.82, 2.24) is 9.47 Å². The van der Waals surface area contributed by atoms with Crippen molar-refractivity contribution in [2.75, 3.05) is 26.3 Å². The summed E-state index contributed by atoms with van der Waals surface area (Å²) in [6.45, 7) is 3.62. The van der Waals surface area contributed by atoms with Gasteiger partial charge in [-0.3, -0.25) is 14.2 Å². The molecule has 0 saturated carbocycles. The molecule has 2 aromatic rings. The number of ether oxygens (including phenoxy) is 2. The Labute approximate surface area is 188 Å². The predicted octanol–water partition coefficient (Wildman–Crippen LogP) is 3.82. The van der Waals surface area contributed by atoms with E-state index in [2.05, 4.69) is 0 Å². The van der Waals surface area contributed by atoms with Crippen molar-refractivity contribution >= 4 is 22.7 Å². The number of amides is 1. The average molecular weight is 441 g/mol. The number of unbranched alkanes of at least 4 members (excludes halogenated alkanes) is 1. The summed E-state index contributed by atoms with van der Waals surface area (Å²) in [4.78, 5) is 27.3. The van der Waals surface area contributed by atoms with Crippen molar-refractivity contribution in [3.8, 4) is 0 Å². The molecule has 0 aliphatic carbocycles. The number of fused-ring (bicyclic) bond motifs is 1. The first kappa shape index (κ1) is 22.6. The third kappa shape index (κ3) is 4.89. The normalized spacial score (nSPS) is 21.3. The van der Waals surface area contributed by atoms with E-state index in [1.165, 1.54) is 0 Å².